The van der Waals surface area contributed by atoms with E-state index in [0.717, 1.165) is 41.7 Å². The molecule has 7 heteroatoms. The second kappa shape index (κ2) is 9.62. The lowest BCUT2D eigenvalue weighted by atomic mass is 10.1. The summed E-state index contributed by atoms with van der Waals surface area (Å²) < 4.78 is 0. The molecule has 2 heterocycles. The minimum absolute atomic E-state index is 0.676. The van der Waals surface area contributed by atoms with Crippen molar-refractivity contribution in [2.45, 2.75) is 32.9 Å². The van der Waals surface area contributed by atoms with E-state index >= 15 is 0 Å². The average molecular weight is 400 g/mol. The molecule has 3 aromatic rings. The molecule has 1 N–H and O–H groups in total. The Morgan fingerprint density at radius 3 is 2.56 bits per heavy atom. The van der Waals surface area contributed by atoms with Gasteiger partial charge in [0.05, 0.1) is 34.5 Å². The van der Waals surface area contributed by atoms with Crippen molar-refractivity contribution in [2.75, 3.05) is 14.1 Å². The van der Waals surface area contributed by atoms with Gasteiger partial charge in [-0.2, -0.15) is 0 Å². The highest BCUT2D eigenvalue weighted by Gasteiger charge is 2.10. The van der Waals surface area contributed by atoms with Crippen molar-refractivity contribution in [3.8, 4) is 0 Å². The van der Waals surface area contributed by atoms with Crippen molar-refractivity contribution in [3.63, 3.8) is 0 Å². The molecule has 0 bridgehead atoms. The number of guanidine groups is 1. The molecule has 5 nitrogen and oxygen atoms in total. The minimum Gasteiger partial charge on any atom is -0.351 e. The fourth-order valence-corrected chi connectivity index (χ4v) is 4.20. The molecule has 0 amide bonds. The van der Waals surface area contributed by atoms with E-state index in [1.54, 1.807) is 29.7 Å². The summed E-state index contributed by atoms with van der Waals surface area (Å²) in [5, 5.41) is 9.89. The molecule has 3 rings (SSSR count). The van der Waals surface area contributed by atoms with Crippen molar-refractivity contribution < 1.29 is 0 Å². The van der Waals surface area contributed by atoms with Gasteiger partial charge in [0.15, 0.2) is 5.96 Å². The number of hydrogen-bond acceptors (Lipinski definition) is 5. The number of nitrogens with one attached hydrogen (secondary N) is 1. The van der Waals surface area contributed by atoms with Gasteiger partial charge in [-0.3, -0.25) is 4.99 Å². The Balaban J connectivity index is 1.49. The van der Waals surface area contributed by atoms with E-state index in [4.69, 9.17) is 4.98 Å². The number of aromatic nitrogens is 2. The first-order chi connectivity index (χ1) is 13.1. The molecule has 0 radical (unpaired) electrons. The molecule has 0 spiro atoms. The van der Waals surface area contributed by atoms with Crippen LogP contribution in [0.4, 0.5) is 0 Å². The molecule has 0 aliphatic carbocycles. The Morgan fingerprint density at radius 2 is 1.85 bits per heavy atom. The molecule has 0 aliphatic heterocycles. The molecule has 0 saturated carbocycles. The predicted molar refractivity (Wildman–Crippen MR) is 114 cm³/mol. The maximum absolute atomic E-state index is 4.75. The summed E-state index contributed by atoms with van der Waals surface area (Å²) in [5.41, 5.74) is 3.48. The summed E-state index contributed by atoms with van der Waals surface area (Å²) in [5.74, 6) is 0.847. The van der Waals surface area contributed by atoms with E-state index < -0.39 is 0 Å². The van der Waals surface area contributed by atoms with Gasteiger partial charge in [0, 0.05) is 31.3 Å². The molecule has 0 aliphatic rings. The first-order valence-electron chi connectivity index (χ1n) is 8.94. The SMILES string of the molecule is CN=C(NCc1csc(CCc2ccccc2)n1)N(C)Cc1csc(C)n1. The Hall–Kier alpha value is -2.25. The highest BCUT2D eigenvalue weighted by molar-refractivity contribution is 7.09. The zero-order valence-corrected chi connectivity index (χ0v) is 17.6. The van der Waals surface area contributed by atoms with Crippen LogP contribution in [-0.2, 0) is 25.9 Å². The van der Waals surface area contributed by atoms with Gasteiger partial charge >= 0.3 is 0 Å². The summed E-state index contributed by atoms with van der Waals surface area (Å²) >= 11 is 3.40. The van der Waals surface area contributed by atoms with Crippen LogP contribution in [0.2, 0.25) is 0 Å². The molecule has 27 heavy (non-hydrogen) atoms. The Morgan fingerprint density at radius 1 is 1.07 bits per heavy atom. The summed E-state index contributed by atoms with van der Waals surface area (Å²) in [4.78, 5) is 15.7. The molecule has 0 atom stereocenters. The fourth-order valence-electron chi connectivity index (χ4n) is 2.79. The number of aryl methyl sites for hydroxylation is 3. The van der Waals surface area contributed by atoms with Crippen LogP contribution in [-0.4, -0.2) is 34.9 Å². The molecule has 1 aromatic carbocycles. The van der Waals surface area contributed by atoms with Crippen LogP contribution in [0.15, 0.2) is 46.1 Å². The lowest BCUT2D eigenvalue weighted by Crippen LogP contribution is -2.38. The molecular formula is C20H25N5S2. The first-order valence-corrected chi connectivity index (χ1v) is 10.7. The molecule has 0 saturated heterocycles. The second-order valence-corrected chi connectivity index (χ2v) is 8.34. The fraction of sp³-hybridized carbons (Fsp3) is 0.350. The number of nitrogens with zero attached hydrogens (tertiary/aromatic N) is 4. The van der Waals surface area contributed by atoms with Gasteiger partial charge in [0.1, 0.15) is 0 Å². The number of thiazole rings is 2. The number of benzene rings is 1. The molecular weight excluding hydrogens is 374 g/mol. The van der Waals surface area contributed by atoms with Gasteiger partial charge in [-0.1, -0.05) is 30.3 Å². The van der Waals surface area contributed by atoms with Crippen LogP contribution in [0, 0.1) is 6.92 Å². The van der Waals surface area contributed by atoms with Crippen molar-refractivity contribution in [3.05, 3.63) is 68.1 Å². The number of aliphatic imine (C=N–C) groups is 1. The second-order valence-electron chi connectivity index (χ2n) is 6.33. The van der Waals surface area contributed by atoms with E-state index in [1.165, 1.54) is 10.6 Å². The summed E-state index contributed by atoms with van der Waals surface area (Å²) in [7, 11) is 3.83. The minimum atomic E-state index is 0.676. The van der Waals surface area contributed by atoms with Crippen molar-refractivity contribution >= 4 is 28.6 Å². The quantitative estimate of drug-likeness (QED) is 0.484. The van der Waals surface area contributed by atoms with E-state index in [2.05, 4.69) is 61.3 Å². The van der Waals surface area contributed by atoms with Crippen molar-refractivity contribution in [1.29, 1.82) is 0 Å². The molecule has 2 aromatic heterocycles. The van der Waals surface area contributed by atoms with E-state index in [0.29, 0.717) is 6.54 Å². The third kappa shape index (κ3) is 5.87. The topological polar surface area (TPSA) is 53.4 Å². The summed E-state index contributed by atoms with van der Waals surface area (Å²) in [6.07, 6.45) is 2.01. The maximum atomic E-state index is 4.75. The van der Waals surface area contributed by atoms with Crippen LogP contribution in [0.25, 0.3) is 0 Å². The van der Waals surface area contributed by atoms with E-state index in [1.807, 2.05) is 14.0 Å². The highest BCUT2D eigenvalue weighted by atomic mass is 32.1. The lowest BCUT2D eigenvalue weighted by molar-refractivity contribution is 0.470. The summed E-state index contributed by atoms with van der Waals surface area (Å²) in [6, 6.07) is 10.6. The van der Waals surface area contributed by atoms with Gasteiger partial charge in [0.2, 0.25) is 0 Å². The van der Waals surface area contributed by atoms with E-state index in [9.17, 15) is 0 Å². The van der Waals surface area contributed by atoms with Crippen LogP contribution < -0.4 is 5.32 Å². The van der Waals surface area contributed by atoms with Crippen LogP contribution >= 0.6 is 22.7 Å². The van der Waals surface area contributed by atoms with Gasteiger partial charge in [-0.25, -0.2) is 9.97 Å². The van der Waals surface area contributed by atoms with Crippen LogP contribution in [0.3, 0.4) is 0 Å². The largest absolute Gasteiger partial charge is 0.351 e. The van der Waals surface area contributed by atoms with Crippen LogP contribution in [0.1, 0.15) is 27.0 Å². The standard InChI is InChI=1S/C20H25N5S2/c1-15-23-18(14-26-15)12-25(3)20(21-2)22-11-17-13-27-19(24-17)10-9-16-7-5-4-6-8-16/h4-8,13-14H,9-12H2,1-3H3,(H,21,22). The Bertz CT molecular complexity index is 869. The normalized spacial score (nSPS) is 11.6. The highest BCUT2D eigenvalue weighted by Crippen LogP contribution is 2.14. The van der Waals surface area contributed by atoms with Gasteiger partial charge in [0.25, 0.3) is 0 Å². The zero-order valence-electron chi connectivity index (χ0n) is 16.0. The Labute approximate surface area is 168 Å². The molecule has 0 unspecified atom stereocenters. The van der Waals surface area contributed by atoms with Gasteiger partial charge < -0.3 is 10.2 Å². The lowest BCUT2D eigenvalue weighted by Gasteiger charge is -2.20. The zero-order chi connectivity index (χ0) is 19.1. The predicted octanol–water partition coefficient (Wildman–Crippen LogP) is 3.90. The van der Waals surface area contributed by atoms with Crippen LogP contribution in [0.5, 0.6) is 0 Å². The van der Waals surface area contributed by atoms with Gasteiger partial charge in [-0.15, -0.1) is 22.7 Å². The third-order valence-electron chi connectivity index (χ3n) is 4.14. The molecule has 0 fully saturated rings. The average Bonchev–Trinajstić information content (AvgIpc) is 3.30. The summed E-state index contributed by atoms with van der Waals surface area (Å²) in [6.45, 7) is 3.44. The molecule has 142 valence electrons. The smallest absolute Gasteiger partial charge is 0.194 e. The van der Waals surface area contributed by atoms with E-state index in [-0.39, 0.29) is 0 Å². The monoisotopic (exact) mass is 399 g/mol. The first kappa shape index (κ1) is 19.5. The number of hydrogen-bond donors (Lipinski definition) is 1. The third-order valence-corrected chi connectivity index (χ3v) is 5.92. The number of rotatable bonds is 7. The van der Waals surface area contributed by atoms with Crippen molar-refractivity contribution in [2.24, 2.45) is 4.99 Å². The maximum Gasteiger partial charge on any atom is 0.194 e. The Kier molecular flexibility index (Phi) is 6.95. The van der Waals surface area contributed by atoms with Crippen molar-refractivity contribution in [1.82, 2.24) is 20.2 Å². The van der Waals surface area contributed by atoms with Gasteiger partial charge in [-0.05, 0) is 18.9 Å².